The van der Waals surface area contributed by atoms with Crippen LogP contribution in [0.4, 0.5) is 5.69 Å². The summed E-state index contributed by atoms with van der Waals surface area (Å²) in [5.74, 6) is 0. The van der Waals surface area contributed by atoms with E-state index >= 15 is 0 Å². The van der Waals surface area contributed by atoms with Crippen molar-refractivity contribution >= 4 is 5.69 Å². The van der Waals surface area contributed by atoms with Crippen molar-refractivity contribution < 1.29 is 4.42 Å². The van der Waals surface area contributed by atoms with Crippen LogP contribution in [0.2, 0.25) is 0 Å². The van der Waals surface area contributed by atoms with Gasteiger partial charge in [-0.05, 0) is 0 Å². The first-order chi connectivity index (χ1) is 6.34. The van der Waals surface area contributed by atoms with Gasteiger partial charge in [-0.1, -0.05) is 0 Å². The first-order valence-corrected chi connectivity index (χ1v) is 3.94. The predicted molar refractivity (Wildman–Crippen MR) is 47.0 cm³/mol. The first kappa shape index (κ1) is 7.85. The SMILES string of the molecule is Cn1cc(NCc2cocn2)cn1. The molecule has 5 nitrogen and oxygen atoms in total. The van der Waals surface area contributed by atoms with E-state index in [2.05, 4.69) is 15.4 Å². The zero-order valence-electron chi connectivity index (χ0n) is 7.27. The van der Waals surface area contributed by atoms with Gasteiger partial charge < -0.3 is 9.73 Å². The molecular weight excluding hydrogens is 168 g/mol. The van der Waals surface area contributed by atoms with Crippen molar-refractivity contribution in [3.63, 3.8) is 0 Å². The Labute approximate surface area is 75.4 Å². The van der Waals surface area contributed by atoms with E-state index in [9.17, 15) is 0 Å². The lowest BCUT2D eigenvalue weighted by Crippen LogP contribution is -1.98. The van der Waals surface area contributed by atoms with Crippen molar-refractivity contribution in [1.82, 2.24) is 14.8 Å². The lowest BCUT2D eigenvalue weighted by Gasteiger charge is -1.97. The Hall–Kier alpha value is -1.78. The van der Waals surface area contributed by atoms with Crippen LogP contribution in [0.25, 0.3) is 0 Å². The van der Waals surface area contributed by atoms with Gasteiger partial charge in [0.05, 0.1) is 24.1 Å². The Morgan fingerprint density at radius 3 is 3.15 bits per heavy atom. The molecule has 2 aromatic rings. The molecule has 2 heterocycles. The molecule has 2 aromatic heterocycles. The van der Waals surface area contributed by atoms with Crippen molar-refractivity contribution in [2.24, 2.45) is 7.05 Å². The summed E-state index contributed by atoms with van der Waals surface area (Å²) in [6.07, 6.45) is 6.70. The van der Waals surface area contributed by atoms with Gasteiger partial charge in [0.15, 0.2) is 6.39 Å². The highest BCUT2D eigenvalue weighted by atomic mass is 16.3. The minimum absolute atomic E-state index is 0.655. The lowest BCUT2D eigenvalue weighted by atomic mass is 10.4. The van der Waals surface area contributed by atoms with Crippen molar-refractivity contribution in [2.45, 2.75) is 6.54 Å². The molecule has 1 N–H and O–H groups in total. The van der Waals surface area contributed by atoms with Crippen LogP contribution in [-0.2, 0) is 13.6 Å². The fraction of sp³-hybridized carbons (Fsp3) is 0.250. The molecule has 0 atom stereocenters. The maximum Gasteiger partial charge on any atom is 0.180 e. The molecule has 13 heavy (non-hydrogen) atoms. The van der Waals surface area contributed by atoms with Gasteiger partial charge in [0.1, 0.15) is 6.26 Å². The smallest absolute Gasteiger partial charge is 0.180 e. The van der Waals surface area contributed by atoms with Crippen molar-refractivity contribution in [3.05, 3.63) is 30.7 Å². The van der Waals surface area contributed by atoms with Crippen molar-refractivity contribution in [1.29, 1.82) is 0 Å². The lowest BCUT2D eigenvalue weighted by molar-refractivity contribution is 0.556. The standard InChI is InChI=1S/C8H10N4O/c1-12-4-7(3-11-12)9-2-8-5-13-6-10-8/h3-6,9H,2H2,1H3. The van der Waals surface area contributed by atoms with Crippen LogP contribution in [0, 0.1) is 0 Å². The number of rotatable bonds is 3. The second-order valence-electron chi connectivity index (χ2n) is 2.74. The number of aryl methyl sites for hydroxylation is 1. The number of aromatic nitrogens is 3. The molecule has 0 spiro atoms. The number of anilines is 1. The van der Waals surface area contributed by atoms with E-state index in [1.807, 2.05) is 13.2 Å². The monoisotopic (exact) mass is 178 g/mol. The average molecular weight is 178 g/mol. The highest BCUT2D eigenvalue weighted by Crippen LogP contribution is 2.05. The quantitative estimate of drug-likeness (QED) is 0.762. The molecule has 0 radical (unpaired) electrons. The van der Waals surface area contributed by atoms with Gasteiger partial charge in [-0.2, -0.15) is 5.10 Å². The third kappa shape index (κ3) is 1.87. The van der Waals surface area contributed by atoms with E-state index in [0.29, 0.717) is 6.54 Å². The molecule has 0 saturated heterocycles. The molecule has 0 aliphatic rings. The van der Waals surface area contributed by atoms with E-state index in [1.54, 1.807) is 17.1 Å². The number of nitrogens with zero attached hydrogens (tertiary/aromatic N) is 3. The van der Waals surface area contributed by atoms with Gasteiger partial charge >= 0.3 is 0 Å². The Kier molecular flexibility index (Phi) is 1.99. The zero-order chi connectivity index (χ0) is 9.10. The largest absolute Gasteiger partial charge is 0.451 e. The van der Waals surface area contributed by atoms with E-state index in [0.717, 1.165) is 11.4 Å². The number of oxazole rings is 1. The van der Waals surface area contributed by atoms with Crippen molar-refractivity contribution in [3.8, 4) is 0 Å². The average Bonchev–Trinajstić information content (AvgIpc) is 2.71. The molecule has 0 aliphatic heterocycles. The van der Waals surface area contributed by atoms with Crippen LogP contribution in [0.15, 0.2) is 29.5 Å². The Morgan fingerprint density at radius 2 is 2.54 bits per heavy atom. The predicted octanol–water partition coefficient (Wildman–Crippen LogP) is 1.02. The Bertz CT molecular complexity index is 365. The number of nitrogens with one attached hydrogen (secondary N) is 1. The first-order valence-electron chi connectivity index (χ1n) is 3.94. The molecule has 5 heteroatoms. The van der Waals surface area contributed by atoms with Gasteiger partial charge in [-0.25, -0.2) is 4.98 Å². The van der Waals surface area contributed by atoms with Gasteiger partial charge in [-0.15, -0.1) is 0 Å². The topological polar surface area (TPSA) is 55.9 Å². The normalized spacial score (nSPS) is 10.2. The van der Waals surface area contributed by atoms with Crippen LogP contribution in [0.1, 0.15) is 5.69 Å². The summed E-state index contributed by atoms with van der Waals surface area (Å²) >= 11 is 0. The minimum Gasteiger partial charge on any atom is -0.451 e. The van der Waals surface area contributed by atoms with Crippen LogP contribution < -0.4 is 5.32 Å². The second-order valence-corrected chi connectivity index (χ2v) is 2.74. The summed E-state index contributed by atoms with van der Waals surface area (Å²) in [4.78, 5) is 3.98. The van der Waals surface area contributed by atoms with Gasteiger partial charge in [0, 0.05) is 13.2 Å². The summed E-state index contributed by atoms with van der Waals surface area (Å²) in [5.41, 5.74) is 1.86. The maximum absolute atomic E-state index is 4.84. The third-order valence-corrected chi connectivity index (χ3v) is 1.66. The zero-order valence-corrected chi connectivity index (χ0v) is 7.27. The fourth-order valence-electron chi connectivity index (χ4n) is 1.03. The molecule has 0 unspecified atom stereocenters. The highest BCUT2D eigenvalue weighted by Gasteiger charge is 1.97. The summed E-state index contributed by atoms with van der Waals surface area (Å²) < 4.78 is 6.58. The van der Waals surface area contributed by atoms with Crippen molar-refractivity contribution in [2.75, 3.05) is 5.32 Å². The molecule has 0 aromatic carbocycles. The molecule has 0 amide bonds. The van der Waals surface area contributed by atoms with E-state index in [4.69, 9.17) is 4.42 Å². The molecule has 68 valence electrons. The molecular formula is C8H10N4O. The molecule has 2 rings (SSSR count). The van der Waals surface area contributed by atoms with Crippen LogP contribution >= 0.6 is 0 Å². The Balaban J connectivity index is 1.93. The maximum atomic E-state index is 4.84. The summed E-state index contributed by atoms with van der Waals surface area (Å²) in [6, 6.07) is 0. The summed E-state index contributed by atoms with van der Waals surface area (Å²) in [7, 11) is 1.88. The van der Waals surface area contributed by atoms with E-state index in [-0.39, 0.29) is 0 Å². The van der Waals surface area contributed by atoms with Crippen LogP contribution in [0.5, 0.6) is 0 Å². The minimum atomic E-state index is 0.655. The van der Waals surface area contributed by atoms with Crippen LogP contribution in [0.3, 0.4) is 0 Å². The van der Waals surface area contributed by atoms with E-state index < -0.39 is 0 Å². The summed E-state index contributed by atoms with van der Waals surface area (Å²) in [6.45, 7) is 0.655. The van der Waals surface area contributed by atoms with Gasteiger partial charge in [-0.3, -0.25) is 4.68 Å². The fourth-order valence-corrected chi connectivity index (χ4v) is 1.03. The second kappa shape index (κ2) is 3.30. The Morgan fingerprint density at radius 1 is 1.62 bits per heavy atom. The van der Waals surface area contributed by atoms with E-state index in [1.165, 1.54) is 6.39 Å². The molecule has 0 saturated carbocycles. The third-order valence-electron chi connectivity index (χ3n) is 1.66. The number of hydrogen-bond donors (Lipinski definition) is 1. The molecule has 0 fully saturated rings. The number of hydrogen-bond acceptors (Lipinski definition) is 4. The highest BCUT2D eigenvalue weighted by molar-refractivity contribution is 5.38. The van der Waals surface area contributed by atoms with Gasteiger partial charge in [0.2, 0.25) is 0 Å². The molecule has 0 aliphatic carbocycles. The van der Waals surface area contributed by atoms with Crippen LogP contribution in [-0.4, -0.2) is 14.8 Å². The summed E-state index contributed by atoms with van der Waals surface area (Å²) in [5, 5.41) is 7.19. The molecule has 0 bridgehead atoms. The van der Waals surface area contributed by atoms with Gasteiger partial charge in [0.25, 0.3) is 0 Å².